The van der Waals surface area contributed by atoms with E-state index >= 15 is 0 Å². The van der Waals surface area contributed by atoms with Gasteiger partial charge >= 0.3 is 5.97 Å². The average molecular weight is 297 g/mol. The number of carboxylic acid groups (broad SMARTS) is 1. The fraction of sp³-hybridized carbons (Fsp3) is 0.571. The quantitative estimate of drug-likeness (QED) is 0.924. The fourth-order valence-electron chi connectivity index (χ4n) is 2.63. The van der Waals surface area contributed by atoms with E-state index in [1.807, 2.05) is 18.4 Å². The van der Waals surface area contributed by atoms with Gasteiger partial charge in [-0.15, -0.1) is 11.3 Å². The Kier molecular flexibility index (Phi) is 4.77. The van der Waals surface area contributed by atoms with Gasteiger partial charge in [-0.05, 0) is 23.8 Å². The predicted octanol–water partition coefficient (Wildman–Crippen LogP) is 2.08. The largest absolute Gasteiger partial charge is 0.481 e. The first-order chi connectivity index (χ1) is 9.52. The Bertz CT molecular complexity index is 499. The van der Waals surface area contributed by atoms with Crippen LogP contribution < -0.4 is 0 Å². The van der Waals surface area contributed by atoms with Gasteiger partial charge in [0, 0.05) is 25.8 Å². The maximum atomic E-state index is 12.6. The maximum absolute atomic E-state index is 12.6. The molecule has 0 aliphatic carbocycles. The summed E-state index contributed by atoms with van der Waals surface area (Å²) in [5, 5.41) is 11.0. The zero-order chi connectivity index (χ0) is 14.7. The zero-order valence-electron chi connectivity index (χ0n) is 11.7. The van der Waals surface area contributed by atoms with Gasteiger partial charge in [0.15, 0.2) is 0 Å². The minimum atomic E-state index is -0.822. The van der Waals surface area contributed by atoms with Crippen molar-refractivity contribution in [3.05, 3.63) is 21.9 Å². The van der Waals surface area contributed by atoms with Gasteiger partial charge in [-0.25, -0.2) is 0 Å². The third-order valence-corrected chi connectivity index (χ3v) is 4.48. The summed E-state index contributed by atoms with van der Waals surface area (Å²) in [5.41, 5.74) is 0.868. The van der Waals surface area contributed by atoms with Crippen molar-refractivity contribution in [3.8, 4) is 0 Å². The van der Waals surface area contributed by atoms with Gasteiger partial charge in [-0.3, -0.25) is 9.59 Å². The molecule has 0 aromatic carbocycles. The summed E-state index contributed by atoms with van der Waals surface area (Å²) in [6, 6.07) is 1.88. The fourth-order valence-corrected chi connectivity index (χ4v) is 3.51. The Labute approximate surface area is 122 Å². The lowest BCUT2D eigenvalue weighted by molar-refractivity contribution is -0.143. The number of piperidine rings is 1. The molecule has 0 bridgehead atoms. The molecule has 2 atom stereocenters. The molecule has 2 heterocycles. The monoisotopic (exact) mass is 297 g/mol. The minimum Gasteiger partial charge on any atom is -0.481 e. The number of carbonyl (C=O) groups is 2. The number of rotatable bonds is 4. The predicted molar refractivity (Wildman–Crippen MR) is 75.8 cm³/mol. The lowest BCUT2D eigenvalue weighted by atomic mass is 9.90. The number of carbonyl (C=O) groups excluding carboxylic acids is 1. The molecule has 1 amide bonds. The summed E-state index contributed by atoms with van der Waals surface area (Å²) in [6.07, 6.45) is 0.633. The van der Waals surface area contributed by atoms with Crippen LogP contribution in [-0.2, 0) is 16.1 Å². The number of hydrogen-bond acceptors (Lipinski definition) is 4. The molecule has 0 spiro atoms. The molecule has 0 saturated carbocycles. The van der Waals surface area contributed by atoms with Crippen LogP contribution in [0.2, 0.25) is 0 Å². The van der Waals surface area contributed by atoms with Crippen LogP contribution >= 0.6 is 11.3 Å². The van der Waals surface area contributed by atoms with E-state index in [1.54, 1.807) is 12.0 Å². The highest BCUT2D eigenvalue weighted by Crippen LogP contribution is 2.26. The Balaban J connectivity index is 2.15. The van der Waals surface area contributed by atoms with Gasteiger partial charge in [-0.1, -0.05) is 6.92 Å². The molecule has 1 aliphatic rings. The van der Waals surface area contributed by atoms with E-state index in [9.17, 15) is 9.59 Å². The molecule has 2 unspecified atom stereocenters. The highest BCUT2D eigenvalue weighted by Gasteiger charge is 2.33. The molecule has 20 heavy (non-hydrogen) atoms. The molecule has 0 radical (unpaired) electrons. The lowest BCUT2D eigenvalue weighted by Crippen LogP contribution is -2.45. The van der Waals surface area contributed by atoms with Crippen molar-refractivity contribution in [2.45, 2.75) is 20.0 Å². The summed E-state index contributed by atoms with van der Waals surface area (Å²) in [6.45, 7) is 3.30. The van der Waals surface area contributed by atoms with E-state index in [1.165, 1.54) is 11.3 Å². The molecule has 1 saturated heterocycles. The highest BCUT2D eigenvalue weighted by molar-refractivity contribution is 7.12. The van der Waals surface area contributed by atoms with Crippen LogP contribution in [0.15, 0.2) is 11.4 Å². The molecule has 110 valence electrons. The normalized spacial score (nSPS) is 22.8. The second kappa shape index (κ2) is 6.37. The first kappa shape index (κ1) is 15.0. The van der Waals surface area contributed by atoms with Crippen molar-refractivity contribution in [1.29, 1.82) is 0 Å². The van der Waals surface area contributed by atoms with Crippen molar-refractivity contribution >= 4 is 23.2 Å². The van der Waals surface area contributed by atoms with Crippen molar-refractivity contribution in [1.82, 2.24) is 4.90 Å². The van der Waals surface area contributed by atoms with Crippen LogP contribution in [-0.4, -0.2) is 42.1 Å². The number of amides is 1. The van der Waals surface area contributed by atoms with Crippen molar-refractivity contribution in [3.63, 3.8) is 0 Å². The molecule has 1 aromatic rings. The van der Waals surface area contributed by atoms with E-state index in [-0.39, 0.29) is 11.8 Å². The van der Waals surface area contributed by atoms with Crippen LogP contribution in [0.4, 0.5) is 0 Å². The van der Waals surface area contributed by atoms with Gasteiger partial charge in [0.2, 0.25) is 0 Å². The first-order valence-electron chi connectivity index (χ1n) is 6.60. The van der Waals surface area contributed by atoms with E-state index in [4.69, 9.17) is 9.84 Å². The minimum absolute atomic E-state index is 0.0788. The first-order valence-corrected chi connectivity index (χ1v) is 7.48. The van der Waals surface area contributed by atoms with E-state index in [0.717, 1.165) is 5.56 Å². The second-order valence-electron chi connectivity index (χ2n) is 5.29. The van der Waals surface area contributed by atoms with E-state index in [2.05, 4.69) is 0 Å². The van der Waals surface area contributed by atoms with Crippen LogP contribution in [0, 0.1) is 11.8 Å². The molecule has 1 aromatic heterocycles. The number of hydrogen-bond donors (Lipinski definition) is 1. The van der Waals surface area contributed by atoms with Crippen LogP contribution in [0.3, 0.4) is 0 Å². The molecule has 2 rings (SSSR count). The van der Waals surface area contributed by atoms with Gasteiger partial charge in [0.25, 0.3) is 5.91 Å². The number of carboxylic acids is 1. The second-order valence-corrected chi connectivity index (χ2v) is 6.21. The third kappa shape index (κ3) is 3.19. The molecule has 5 nitrogen and oxygen atoms in total. The Hall–Kier alpha value is -1.40. The molecular formula is C14H19NO4S. The number of methoxy groups -OCH3 is 1. The van der Waals surface area contributed by atoms with Crippen LogP contribution in [0.5, 0.6) is 0 Å². The molecule has 1 fully saturated rings. The molecule has 1 aliphatic heterocycles. The van der Waals surface area contributed by atoms with Crippen LogP contribution in [0.1, 0.15) is 28.6 Å². The van der Waals surface area contributed by atoms with Gasteiger partial charge < -0.3 is 14.7 Å². The lowest BCUT2D eigenvalue weighted by Gasteiger charge is -2.34. The van der Waals surface area contributed by atoms with E-state index < -0.39 is 11.9 Å². The highest BCUT2D eigenvalue weighted by atomic mass is 32.1. The van der Waals surface area contributed by atoms with Gasteiger partial charge in [-0.2, -0.15) is 0 Å². The Morgan fingerprint density at radius 3 is 2.90 bits per heavy atom. The number of nitrogens with zero attached hydrogens (tertiary/aromatic N) is 1. The standard InChI is InChI=1S/C14H19NO4S/c1-9-5-11(14(17)18)7-15(6-9)13(16)12-10(8-19-2)3-4-20-12/h3-4,9,11H,5-8H2,1-2H3,(H,17,18). The number of ether oxygens (including phenoxy) is 1. The number of aliphatic carboxylic acids is 1. The average Bonchev–Trinajstić information content (AvgIpc) is 2.85. The number of likely N-dealkylation sites (tertiary alicyclic amines) is 1. The van der Waals surface area contributed by atoms with Crippen molar-refractivity contribution < 1.29 is 19.4 Å². The Morgan fingerprint density at radius 2 is 2.25 bits per heavy atom. The zero-order valence-corrected chi connectivity index (χ0v) is 12.5. The molecule has 1 N–H and O–H groups in total. The summed E-state index contributed by atoms with van der Waals surface area (Å²) in [7, 11) is 1.59. The summed E-state index contributed by atoms with van der Waals surface area (Å²) < 4.78 is 5.09. The van der Waals surface area contributed by atoms with Crippen LogP contribution in [0.25, 0.3) is 0 Å². The summed E-state index contributed by atoms with van der Waals surface area (Å²) >= 11 is 1.38. The number of thiophene rings is 1. The third-order valence-electron chi connectivity index (χ3n) is 3.54. The smallest absolute Gasteiger partial charge is 0.308 e. The summed E-state index contributed by atoms with van der Waals surface area (Å²) in [4.78, 5) is 26.0. The van der Waals surface area contributed by atoms with Gasteiger partial charge in [0.1, 0.15) is 0 Å². The molecular weight excluding hydrogens is 278 g/mol. The topological polar surface area (TPSA) is 66.8 Å². The van der Waals surface area contributed by atoms with Gasteiger partial charge in [0.05, 0.1) is 17.4 Å². The Morgan fingerprint density at radius 1 is 1.50 bits per heavy atom. The SMILES string of the molecule is COCc1ccsc1C(=O)N1CC(C)CC(C(=O)O)C1. The summed E-state index contributed by atoms with van der Waals surface area (Å²) in [5.74, 6) is -1.16. The van der Waals surface area contributed by atoms with Crippen molar-refractivity contribution in [2.75, 3.05) is 20.2 Å². The molecule has 6 heteroatoms. The maximum Gasteiger partial charge on any atom is 0.308 e. The van der Waals surface area contributed by atoms with Crippen molar-refractivity contribution in [2.24, 2.45) is 11.8 Å². The van der Waals surface area contributed by atoms with E-state index in [0.29, 0.717) is 31.0 Å².